The molecular weight excluding hydrogens is 646 g/mol. The Bertz CT molecular complexity index is 1240. The Kier molecular flexibility index (Phi) is 18.4. The molecule has 1 aliphatic rings. The number of nitrogens with zero attached hydrogens (tertiary/aromatic N) is 2. The van der Waals surface area contributed by atoms with Gasteiger partial charge in [-0.3, -0.25) is 19.2 Å². The summed E-state index contributed by atoms with van der Waals surface area (Å²) in [6.45, 7) is 16.3. The van der Waals surface area contributed by atoms with E-state index in [9.17, 15) is 24.3 Å². The molecule has 0 radical (unpaired) electrons. The zero-order valence-corrected chi connectivity index (χ0v) is 33.6. The van der Waals surface area contributed by atoms with Gasteiger partial charge < -0.3 is 29.7 Å². The average Bonchev–Trinajstić information content (AvgIpc) is 3.59. The molecule has 0 bridgehead atoms. The molecule has 0 aromatic heterocycles. The normalized spacial score (nSPS) is 20.3. The number of Topliss-reactive ketones (excluding diaryl/α,β-unsaturated/α-hetero) is 2. The molecule has 1 aromatic carbocycles. The van der Waals surface area contributed by atoms with E-state index in [1.807, 2.05) is 76.8 Å². The first-order valence-corrected chi connectivity index (χ1v) is 19.1. The molecule has 2 N–H and O–H groups in total. The first kappa shape index (κ1) is 44.5. The molecule has 1 fully saturated rings. The van der Waals surface area contributed by atoms with Crippen LogP contribution in [0.5, 0.6) is 0 Å². The number of aliphatic hydroxyl groups is 1. The topological polar surface area (TPSA) is 125 Å². The van der Waals surface area contributed by atoms with E-state index >= 15 is 0 Å². The SMILES string of the molecule is CCC(C)[C@@H]([C@@H](CC(=O)N1CCC[C@H]1[C@H](OC)[C@@H](C)C(=O)C[C@H](C)[C@@H](O)c1ccccc1)OC)N(C)C(=O)[C@@H](CC(=O)[C@@H](NC)C(C)C)C(C)C. The molecule has 290 valence electrons. The number of hydrogen-bond donors (Lipinski definition) is 2. The van der Waals surface area contributed by atoms with E-state index in [4.69, 9.17) is 9.47 Å². The second-order valence-corrected chi connectivity index (χ2v) is 15.6. The van der Waals surface area contributed by atoms with Crippen molar-refractivity contribution in [2.24, 2.45) is 35.5 Å². The molecule has 0 aliphatic carbocycles. The predicted octanol–water partition coefficient (Wildman–Crippen LogP) is 5.71. The van der Waals surface area contributed by atoms with E-state index < -0.39 is 36.2 Å². The fourth-order valence-electron chi connectivity index (χ4n) is 8.01. The Morgan fingerprint density at radius 2 is 1.53 bits per heavy atom. The number of amides is 2. The zero-order valence-electron chi connectivity index (χ0n) is 33.6. The number of rotatable bonds is 22. The molecule has 10 atom stereocenters. The summed E-state index contributed by atoms with van der Waals surface area (Å²) in [6, 6.07) is 8.35. The molecule has 2 rings (SSSR count). The van der Waals surface area contributed by atoms with E-state index in [1.54, 1.807) is 33.2 Å². The average molecular weight is 716 g/mol. The highest BCUT2D eigenvalue weighted by atomic mass is 16.5. The number of likely N-dealkylation sites (N-methyl/N-ethyl adjacent to an activating group) is 2. The Hall–Kier alpha value is -2.66. The molecule has 1 aromatic rings. The van der Waals surface area contributed by atoms with E-state index in [0.29, 0.717) is 13.0 Å². The maximum Gasteiger partial charge on any atom is 0.226 e. The summed E-state index contributed by atoms with van der Waals surface area (Å²) in [5, 5.41) is 14.0. The first-order chi connectivity index (χ1) is 24.0. The lowest BCUT2D eigenvalue weighted by molar-refractivity contribution is -0.149. The lowest BCUT2D eigenvalue weighted by Gasteiger charge is -2.41. The number of benzene rings is 1. The number of ketones is 2. The summed E-state index contributed by atoms with van der Waals surface area (Å²) >= 11 is 0. The number of carbonyl (C=O) groups is 4. The first-order valence-electron chi connectivity index (χ1n) is 19.1. The van der Waals surface area contributed by atoms with Crippen molar-refractivity contribution in [3.63, 3.8) is 0 Å². The van der Waals surface area contributed by atoms with Crippen LogP contribution in [0.15, 0.2) is 30.3 Å². The summed E-state index contributed by atoms with van der Waals surface area (Å²) in [4.78, 5) is 58.7. The maximum atomic E-state index is 14.2. The smallest absolute Gasteiger partial charge is 0.226 e. The van der Waals surface area contributed by atoms with Crippen LogP contribution in [0.4, 0.5) is 0 Å². The fourth-order valence-corrected chi connectivity index (χ4v) is 8.01. The van der Waals surface area contributed by atoms with Crippen LogP contribution in [0.3, 0.4) is 0 Å². The van der Waals surface area contributed by atoms with Crippen LogP contribution in [0.25, 0.3) is 0 Å². The molecule has 10 heteroatoms. The van der Waals surface area contributed by atoms with Crippen LogP contribution in [0.1, 0.15) is 106 Å². The van der Waals surface area contributed by atoms with Gasteiger partial charge in [-0.1, -0.05) is 92.1 Å². The second kappa shape index (κ2) is 21.1. The predicted molar refractivity (Wildman–Crippen MR) is 202 cm³/mol. The highest BCUT2D eigenvalue weighted by Crippen LogP contribution is 2.32. The van der Waals surface area contributed by atoms with Gasteiger partial charge in [-0.05, 0) is 49.1 Å². The van der Waals surface area contributed by atoms with Crippen LogP contribution < -0.4 is 5.32 Å². The Balaban J connectivity index is 2.24. The third-order valence-electron chi connectivity index (χ3n) is 11.4. The molecule has 51 heavy (non-hydrogen) atoms. The van der Waals surface area contributed by atoms with Crippen molar-refractivity contribution in [3.8, 4) is 0 Å². The van der Waals surface area contributed by atoms with Crippen molar-refractivity contribution >= 4 is 23.4 Å². The van der Waals surface area contributed by atoms with Gasteiger partial charge in [0.05, 0.1) is 42.9 Å². The van der Waals surface area contributed by atoms with Gasteiger partial charge in [-0.2, -0.15) is 0 Å². The van der Waals surface area contributed by atoms with E-state index in [0.717, 1.165) is 18.4 Å². The third-order valence-corrected chi connectivity index (χ3v) is 11.4. The summed E-state index contributed by atoms with van der Waals surface area (Å²) in [7, 11) is 6.72. The van der Waals surface area contributed by atoms with E-state index in [2.05, 4.69) is 19.2 Å². The van der Waals surface area contributed by atoms with Crippen LogP contribution in [0.2, 0.25) is 0 Å². The number of likely N-dealkylation sites (tertiary alicyclic amines) is 1. The maximum absolute atomic E-state index is 14.2. The fraction of sp³-hybridized carbons (Fsp3) is 0.756. The minimum absolute atomic E-state index is 0.0111. The quantitative estimate of drug-likeness (QED) is 0.157. The highest BCUT2D eigenvalue weighted by Gasteiger charge is 2.43. The molecular formula is C41H69N3O7. The molecule has 0 spiro atoms. The van der Waals surface area contributed by atoms with Crippen LogP contribution in [0, 0.1) is 35.5 Å². The standard InChI is InChI=1S/C41H69N3O7/c1-13-27(6)38(43(10)41(49)31(25(2)3)23-34(46)37(42-9)26(4)5)35(50-11)24-36(47)44-21-17-20-32(44)40(51-12)29(8)33(45)22-28(7)39(48)30-18-15-14-16-19-30/h14-16,18-19,25-29,31-32,35,37-40,42,48H,13,17,20-24H2,1-12H3/t27?,28-,29-,31-,32-,35+,37-,38-,39+,40+/m0/s1. The van der Waals surface area contributed by atoms with Crippen LogP contribution >= 0.6 is 0 Å². The minimum Gasteiger partial charge on any atom is -0.388 e. The van der Waals surface area contributed by atoms with Crippen LogP contribution in [-0.4, -0.2) is 103 Å². The van der Waals surface area contributed by atoms with Crippen molar-refractivity contribution in [1.82, 2.24) is 15.1 Å². The minimum atomic E-state index is -0.760. The number of nitrogens with one attached hydrogen (secondary N) is 1. The Labute approximate surface area is 308 Å². The van der Waals surface area contributed by atoms with Crippen LogP contribution in [-0.2, 0) is 28.7 Å². The van der Waals surface area contributed by atoms with E-state index in [-0.39, 0.29) is 78.4 Å². The van der Waals surface area contributed by atoms with Gasteiger partial charge in [0.15, 0.2) is 5.78 Å². The molecule has 10 nitrogen and oxygen atoms in total. The molecule has 0 saturated carbocycles. The molecule has 1 heterocycles. The zero-order chi connectivity index (χ0) is 38.6. The van der Waals surface area contributed by atoms with Crippen molar-refractivity contribution in [2.75, 3.05) is 34.9 Å². The van der Waals surface area contributed by atoms with E-state index in [1.165, 1.54) is 0 Å². The summed E-state index contributed by atoms with van der Waals surface area (Å²) in [6.07, 6.45) is 0.834. The number of carbonyl (C=O) groups excluding carboxylic acids is 4. The van der Waals surface area contributed by atoms with Gasteiger partial charge in [-0.15, -0.1) is 0 Å². The molecule has 2 amide bonds. The van der Waals surface area contributed by atoms with Gasteiger partial charge in [-0.25, -0.2) is 0 Å². The molecule has 1 aliphatic heterocycles. The number of ether oxygens (including phenoxy) is 2. The summed E-state index contributed by atoms with van der Waals surface area (Å²) in [5.74, 6) is -1.41. The monoisotopic (exact) mass is 716 g/mol. The van der Waals surface area contributed by atoms with Gasteiger partial charge in [0.25, 0.3) is 0 Å². The third kappa shape index (κ3) is 11.7. The summed E-state index contributed by atoms with van der Waals surface area (Å²) in [5.41, 5.74) is 0.777. The highest BCUT2D eigenvalue weighted by molar-refractivity contribution is 5.90. The number of hydrogen-bond acceptors (Lipinski definition) is 8. The number of aliphatic hydroxyl groups excluding tert-OH is 1. The summed E-state index contributed by atoms with van der Waals surface area (Å²) < 4.78 is 12.0. The van der Waals surface area contributed by atoms with Gasteiger partial charge in [0.2, 0.25) is 11.8 Å². The Morgan fingerprint density at radius 1 is 0.902 bits per heavy atom. The molecule has 1 saturated heterocycles. The Morgan fingerprint density at radius 3 is 2.04 bits per heavy atom. The van der Waals surface area contributed by atoms with Crippen molar-refractivity contribution in [1.29, 1.82) is 0 Å². The van der Waals surface area contributed by atoms with Crippen molar-refractivity contribution < 1.29 is 33.8 Å². The van der Waals surface area contributed by atoms with Gasteiger partial charge >= 0.3 is 0 Å². The second-order valence-electron chi connectivity index (χ2n) is 15.6. The van der Waals surface area contributed by atoms with Gasteiger partial charge in [0, 0.05) is 52.5 Å². The molecule has 1 unspecified atom stereocenters. The lowest BCUT2D eigenvalue weighted by atomic mass is 9.84. The van der Waals surface area contributed by atoms with Crippen molar-refractivity contribution in [2.45, 2.75) is 130 Å². The largest absolute Gasteiger partial charge is 0.388 e. The number of methoxy groups -OCH3 is 2. The van der Waals surface area contributed by atoms with Gasteiger partial charge in [0.1, 0.15) is 5.78 Å². The van der Waals surface area contributed by atoms with Crippen molar-refractivity contribution in [3.05, 3.63) is 35.9 Å². The lowest BCUT2D eigenvalue weighted by Crippen LogP contribution is -2.54.